The van der Waals surface area contributed by atoms with E-state index in [1.54, 1.807) is 6.07 Å². The van der Waals surface area contributed by atoms with Gasteiger partial charge in [0.1, 0.15) is 0 Å². The Labute approximate surface area is 154 Å². The monoisotopic (exact) mass is 386 g/mol. The number of thiophene rings is 1. The van der Waals surface area contributed by atoms with Crippen LogP contribution in [0.3, 0.4) is 0 Å². The summed E-state index contributed by atoms with van der Waals surface area (Å²) in [6.07, 6.45) is 1.08. The molecule has 1 heterocycles. The van der Waals surface area contributed by atoms with Crippen molar-refractivity contribution in [2.24, 2.45) is 5.10 Å². The van der Waals surface area contributed by atoms with E-state index in [4.69, 9.17) is 0 Å². The molecule has 0 saturated carbocycles. The van der Waals surface area contributed by atoms with Gasteiger partial charge < -0.3 is 5.11 Å². The average Bonchev–Trinajstić information content (AvgIpc) is 3.06. The first-order valence-corrected chi connectivity index (χ1v) is 8.16. The van der Waals surface area contributed by atoms with Crippen molar-refractivity contribution in [2.45, 2.75) is 0 Å². The molecular weight excluding hydrogens is 376 g/mol. The normalized spacial score (nSPS) is 11.0. The number of nitrogens with one attached hydrogen (secondary N) is 1. The fraction of sp³-hybridized carbons (Fsp3) is 0. The molecule has 0 bridgehead atoms. The topological polar surface area (TPSA) is 148 Å². The molecule has 3 aromatic rings. The van der Waals surface area contributed by atoms with Crippen LogP contribution in [-0.2, 0) is 0 Å². The molecule has 2 aromatic carbocycles. The van der Waals surface area contributed by atoms with E-state index in [0.29, 0.717) is 10.1 Å². The summed E-state index contributed by atoms with van der Waals surface area (Å²) in [7, 11) is 0. The van der Waals surface area contributed by atoms with Gasteiger partial charge in [0.05, 0.1) is 20.9 Å². The van der Waals surface area contributed by atoms with Gasteiger partial charge in [0.25, 0.3) is 11.6 Å². The van der Waals surface area contributed by atoms with Crippen LogP contribution in [-0.4, -0.2) is 27.1 Å². The Morgan fingerprint density at radius 1 is 1.15 bits per heavy atom. The van der Waals surface area contributed by atoms with Gasteiger partial charge in [-0.3, -0.25) is 25.0 Å². The minimum absolute atomic E-state index is 0.0662. The number of nitrogens with zero attached hydrogens (tertiary/aromatic N) is 3. The zero-order valence-electron chi connectivity index (χ0n) is 13.4. The first-order chi connectivity index (χ1) is 12.9. The highest BCUT2D eigenvalue weighted by atomic mass is 32.1. The summed E-state index contributed by atoms with van der Waals surface area (Å²) in [4.78, 5) is 32.8. The number of carbonyl (C=O) groups excluding carboxylic acids is 1. The number of hydrazone groups is 1. The standard InChI is InChI=1S/C16H10N4O6S/c21-15-9(2-1-3-12(15)20(25)26)8-17-18-16(22)14-7-10-6-11(19(23)24)4-5-13(10)27-14/h1-8,21H,(H,18,22)/b17-8-. The van der Waals surface area contributed by atoms with Crippen molar-refractivity contribution in [1.29, 1.82) is 0 Å². The summed E-state index contributed by atoms with van der Waals surface area (Å²) in [6, 6.07) is 9.69. The van der Waals surface area contributed by atoms with Crippen molar-refractivity contribution in [3.8, 4) is 5.75 Å². The largest absolute Gasteiger partial charge is 0.502 e. The first-order valence-electron chi connectivity index (χ1n) is 7.34. The van der Waals surface area contributed by atoms with E-state index < -0.39 is 27.2 Å². The van der Waals surface area contributed by atoms with Gasteiger partial charge in [-0.1, -0.05) is 6.07 Å². The van der Waals surface area contributed by atoms with E-state index in [1.807, 2.05) is 0 Å². The van der Waals surface area contributed by atoms with Gasteiger partial charge in [0, 0.05) is 33.8 Å². The van der Waals surface area contributed by atoms with Gasteiger partial charge in [-0.2, -0.15) is 5.10 Å². The van der Waals surface area contributed by atoms with Gasteiger partial charge in [0.2, 0.25) is 5.75 Å². The summed E-state index contributed by atoms with van der Waals surface area (Å²) in [5, 5.41) is 35.6. The summed E-state index contributed by atoms with van der Waals surface area (Å²) in [6.45, 7) is 0. The number of phenolic OH excluding ortho intramolecular Hbond substituents is 1. The second kappa shape index (κ2) is 7.17. The fourth-order valence-corrected chi connectivity index (χ4v) is 3.20. The van der Waals surface area contributed by atoms with Gasteiger partial charge in [0.15, 0.2) is 0 Å². The maximum Gasteiger partial charge on any atom is 0.311 e. The number of nitro groups is 2. The third kappa shape index (κ3) is 3.72. The molecule has 0 radical (unpaired) electrons. The molecule has 0 aliphatic heterocycles. The number of phenols is 1. The summed E-state index contributed by atoms with van der Waals surface area (Å²) in [5.74, 6) is -1.12. The number of carbonyl (C=O) groups is 1. The van der Waals surface area contributed by atoms with Crippen molar-refractivity contribution in [1.82, 2.24) is 5.43 Å². The van der Waals surface area contributed by atoms with Crippen LogP contribution in [0, 0.1) is 20.2 Å². The Kier molecular flexibility index (Phi) is 4.77. The molecule has 136 valence electrons. The van der Waals surface area contributed by atoms with Crippen LogP contribution in [0.5, 0.6) is 5.75 Å². The third-order valence-corrected chi connectivity index (χ3v) is 4.66. The van der Waals surface area contributed by atoms with Gasteiger partial charge >= 0.3 is 5.69 Å². The number of aromatic hydroxyl groups is 1. The van der Waals surface area contributed by atoms with E-state index in [9.17, 15) is 30.1 Å². The lowest BCUT2D eigenvalue weighted by Gasteiger charge is -2.00. The highest BCUT2D eigenvalue weighted by Crippen LogP contribution is 2.29. The summed E-state index contributed by atoms with van der Waals surface area (Å²) in [5.41, 5.74) is 1.76. The quantitative estimate of drug-likeness (QED) is 0.391. The lowest BCUT2D eigenvalue weighted by Crippen LogP contribution is -2.16. The molecule has 0 unspecified atom stereocenters. The lowest BCUT2D eigenvalue weighted by molar-refractivity contribution is -0.385. The van der Waals surface area contributed by atoms with Gasteiger partial charge in [-0.15, -0.1) is 11.3 Å². The van der Waals surface area contributed by atoms with Crippen LogP contribution in [0.2, 0.25) is 0 Å². The molecular formula is C16H10N4O6S. The predicted molar refractivity (Wildman–Crippen MR) is 98.3 cm³/mol. The van der Waals surface area contributed by atoms with Crippen LogP contribution in [0.1, 0.15) is 15.2 Å². The molecule has 11 heteroatoms. The average molecular weight is 386 g/mol. The summed E-state index contributed by atoms with van der Waals surface area (Å²) < 4.78 is 0.700. The molecule has 2 N–H and O–H groups in total. The molecule has 10 nitrogen and oxygen atoms in total. The van der Waals surface area contributed by atoms with E-state index in [-0.39, 0.29) is 16.1 Å². The smallest absolute Gasteiger partial charge is 0.311 e. The van der Waals surface area contributed by atoms with Crippen LogP contribution >= 0.6 is 11.3 Å². The van der Waals surface area contributed by atoms with Crippen LogP contribution in [0.15, 0.2) is 47.6 Å². The second-order valence-electron chi connectivity index (χ2n) is 5.26. The maximum absolute atomic E-state index is 12.2. The SMILES string of the molecule is O=C(N/N=C\c1cccc([N+](=O)[O-])c1O)c1cc2cc([N+](=O)[O-])ccc2s1. The second-order valence-corrected chi connectivity index (χ2v) is 6.34. The lowest BCUT2D eigenvalue weighted by atomic mass is 10.2. The van der Waals surface area contributed by atoms with Crippen LogP contribution < -0.4 is 5.43 Å². The van der Waals surface area contributed by atoms with Gasteiger partial charge in [-0.05, 0) is 18.2 Å². The van der Waals surface area contributed by atoms with E-state index in [2.05, 4.69) is 10.5 Å². The van der Waals surface area contributed by atoms with E-state index in [0.717, 1.165) is 23.6 Å². The fourth-order valence-electron chi connectivity index (χ4n) is 2.27. The number of amides is 1. The first kappa shape index (κ1) is 17.9. The van der Waals surface area contributed by atoms with E-state index >= 15 is 0 Å². The third-order valence-electron chi connectivity index (χ3n) is 3.55. The van der Waals surface area contributed by atoms with Crippen molar-refractivity contribution in [3.63, 3.8) is 0 Å². The van der Waals surface area contributed by atoms with Crippen molar-refractivity contribution < 1.29 is 19.7 Å². The molecule has 1 aromatic heterocycles. The summed E-state index contributed by atoms with van der Waals surface area (Å²) >= 11 is 1.13. The molecule has 0 saturated heterocycles. The zero-order valence-corrected chi connectivity index (χ0v) is 14.2. The number of hydrogen-bond donors (Lipinski definition) is 2. The Morgan fingerprint density at radius 3 is 2.63 bits per heavy atom. The number of benzene rings is 2. The highest BCUT2D eigenvalue weighted by Gasteiger charge is 2.16. The number of nitro benzene ring substituents is 2. The van der Waals surface area contributed by atoms with Crippen LogP contribution in [0.4, 0.5) is 11.4 Å². The highest BCUT2D eigenvalue weighted by molar-refractivity contribution is 7.20. The number of hydrogen-bond acceptors (Lipinski definition) is 8. The predicted octanol–water partition coefficient (Wildman–Crippen LogP) is 3.19. The van der Waals surface area contributed by atoms with Crippen molar-refractivity contribution in [2.75, 3.05) is 0 Å². The Morgan fingerprint density at radius 2 is 1.93 bits per heavy atom. The molecule has 1 amide bonds. The van der Waals surface area contributed by atoms with Crippen LogP contribution in [0.25, 0.3) is 10.1 Å². The molecule has 0 atom stereocenters. The Balaban J connectivity index is 1.77. The molecule has 0 aliphatic rings. The number of non-ortho nitro benzene ring substituents is 1. The molecule has 0 aliphatic carbocycles. The number of rotatable bonds is 5. The minimum Gasteiger partial charge on any atom is -0.502 e. The molecule has 0 fully saturated rings. The molecule has 0 spiro atoms. The number of fused-ring (bicyclic) bond motifs is 1. The molecule has 3 rings (SSSR count). The van der Waals surface area contributed by atoms with Crippen molar-refractivity contribution in [3.05, 3.63) is 73.1 Å². The van der Waals surface area contributed by atoms with Crippen molar-refractivity contribution >= 4 is 44.9 Å². The number of para-hydroxylation sites is 1. The minimum atomic E-state index is -0.734. The zero-order chi connectivity index (χ0) is 19.6. The maximum atomic E-state index is 12.2. The Hall–Kier alpha value is -3.86. The van der Waals surface area contributed by atoms with E-state index in [1.165, 1.54) is 30.3 Å². The Bertz CT molecular complexity index is 1110. The van der Waals surface area contributed by atoms with Gasteiger partial charge in [-0.25, -0.2) is 5.43 Å². The molecule has 27 heavy (non-hydrogen) atoms.